The van der Waals surface area contributed by atoms with Gasteiger partial charge in [0.05, 0.1) is 0 Å². The smallest absolute Gasteiger partial charge is 0.220 e. The Hall–Kier alpha value is -0.330. The second kappa shape index (κ2) is 12.1. The largest absolute Gasteiger partial charge is 0.356 e. The summed E-state index contributed by atoms with van der Waals surface area (Å²) in [5.41, 5.74) is 0. The second-order valence-electron chi connectivity index (χ2n) is 7.02. The highest BCUT2D eigenvalue weighted by atomic mass is 35.5. The lowest BCUT2D eigenvalue weighted by molar-refractivity contribution is -0.121. The van der Waals surface area contributed by atoms with Crippen molar-refractivity contribution in [2.45, 2.75) is 38.6 Å². The van der Waals surface area contributed by atoms with Gasteiger partial charge in [0.2, 0.25) is 5.91 Å². The maximum Gasteiger partial charge on any atom is 0.220 e. The summed E-state index contributed by atoms with van der Waals surface area (Å²) >= 11 is 1.84. The minimum Gasteiger partial charge on any atom is -0.356 e. The van der Waals surface area contributed by atoms with Crippen LogP contribution >= 0.6 is 36.2 Å². The molecule has 0 aromatic carbocycles. The van der Waals surface area contributed by atoms with Gasteiger partial charge in [-0.2, -0.15) is 0 Å². The first-order valence-electron chi connectivity index (χ1n) is 9.02. The molecule has 2 aliphatic heterocycles. The molecule has 7 heteroatoms. The number of nitrogens with one attached hydrogen (secondary N) is 2. The van der Waals surface area contributed by atoms with Crippen LogP contribution in [-0.4, -0.2) is 43.5 Å². The molecule has 3 heterocycles. The lowest BCUT2D eigenvalue weighted by Gasteiger charge is -2.32. The highest BCUT2D eigenvalue weighted by Crippen LogP contribution is 2.20. The monoisotopic (exact) mass is 407 g/mol. The Morgan fingerprint density at radius 3 is 2.92 bits per heavy atom. The first-order chi connectivity index (χ1) is 11.3. The summed E-state index contributed by atoms with van der Waals surface area (Å²) in [5, 5.41) is 8.69. The van der Waals surface area contributed by atoms with Crippen molar-refractivity contribution in [2.24, 2.45) is 11.8 Å². The number of nitrogens with zero attached hydrogens (tertiary/aromatic N) is 1. The zero-order valence-corrected chi connectivity index (χ0v) is 17.2. The summed E-state index contributed by atoms with van der Waals surface area (Å²) in [6.07, 6.45) is 5.45. The first-order valence-corrected chi connectivity index (χ1v) is 9.89. The fourth-order valence-corrected chi connectivity index (χ4v) is 4.47. The zero-order valence-electron chi connectivity index (χ0n) is 14.7. The van der Waals surface area contributed by atoms with E-state index in [2.05, 4.69) is 33.0 Å². The van der Waals surface area contributed by atoms with Crippen LogP contribution in [0, 0.1) is 11.8 Å². The number of halogens is 2. The normalized spacial score (nSPS) is 23.5. The van der Waals surface area contributed by atoms with Crippen molar-refractivity contribution < 1.29 is 4.79 Å². The molecule has 1 amide bonds. The van der Waals surface area contributed by atoms with Crippen LogP contribution in [0.1, 0.15) is 37.0 Å². The number of piperidine rings is 1. The van der Waals surface area contributed by atoms with Crippen molar-refractivity contribution in [3.05, 3.63) is 22.4 Å². The van der Waals surface area contributed by atoms with Gasteiger partial charge in [0.1, 0.15) is 0 Å². The van der Waals surface area contributed by atoms with E-state index in [9.17, 15) is 4.79 Å². The Morgan fingerprint density at radius 2 is 2.20 bits per heavy atom. The number of hydrogen-bond acceptors (Lipinski definition) is 4. The van der Waals surface area contributed by atoms with Gasteiger partial charge in [-0.15, -0.1) is 36.2 Å². The number of amides is 1. The molecule has 1 aromatic rings. The van der Waals surface area contributed by atoms with Crippen LogP contribution < -0.4 is 10.6 Å². The summed E-state index contributed by atoms with van der Waals surface area (Å²) in [6, 6.07) is 4.34. The Balaban J connectivity index is 0.00000156. The first kappa shape index (κ1) is 22.7. The maximum absolute atomic E-state index is 12.0. The molecule has 2 fully saturated rings. The molecular weight excluding hydrogens is 377 g/mol. The molecule has 0 radical (unpaired) electrons. The van der Waals surface area contributed by atoms with Gasteiger partial charge in [0.15, 0.2) is 0 Å². The molecular formula is C18H31Cl2N3OS. The standard InChI is InChI=1S/C18H29N3OS.2ClH/c22-18(6-5-15-7-8-19-11-15)20-12-16-3-1-9-21(13-16)14-17-4-2-10-23-17;;/h2,4,10,15-16,19H,1,3,5-9,11-14H2,(H,20,22);2*1H. The molecule has 144 valence electrons. The minimum atomic E-state index is 0. The quantitative estimate of drug-likeness (QED) is 0.728. The van der Waals surface area contributed by atoms with E-state index < -0.39 is 0 Å². The van der Waals surface area contributed by atoms with Crippen molar-refractivity contribution in [2.75, 3.05) is 32.7 Å². The molecule has 0 spiro atoms. The van der Waals surface area contributed by atoms with Crippen molar-refractivity contribution >= 4 is 42.1 Å². The van der Waals surface area contributed by atoms with E-state index in [1.807, 2.05) is 11.3 Å². The molecule has 3 rings (SSSR count). The summed E-state index contributed by atoms with van der Waals surface area (Å²) in [7, 11) is 0. The van der Waals surface area contributed by atoms with E-state index in [0.717, 1.165) is 39.1 Å². The fourth-order valence-electron chi connectivity index (χ4n) is 3.73. The van der Waals surface area contributed by atoms with Gasteiger partial charge in [-0.1, -0.05) is 6.07 Å². The predicted octanol–water partition coefficient (Wildman–Crippen LogP) is 3.31. The maximum atomic E-state index is 12.0. The van der Waals surface area contributed by atoms with Gasteiger partial charge < -0.3 is 10.6 Å². The van der Waals surface area contributed by atoms with Gasteiger partial charge in [-0.05, 0) is 68.6 Å². The lowest BCUT2D eigenvalue weighted by atomic mass is 9.97. The van der Waals surface area contributed by atoms with E-state index in [1.54, 1.807) is 0 Å². The molecule has 4 nitrogen and oxygen atoms in total. The van der Waals surface area contributed by atoms with Gasteiger partial charge in [-0.25, -0.2) is 0 Å². The van der Waals surface area contributed by atoms with Crippen molar-refractivity contribution in [1.29, 1.82) is 0 Å². The lowest BCUT2D eigenvalue weighted by Crippen LogP contribution is -2.40. The van der Waals surface area contributed by atoms with Crippen LogP contribution in [0.5, 0.6) is 0 Å². The van der Waals surface area contributed by atoms with E-state index in [-0.39, 0.29) is 30.7 Å². The molecule has 0 aliphatic carbocycles. The molecule has 0 saturated carbocycles. The van der Waals surface area contributed by atoms with Gasteiger partial charge in [0, 0.05) is 30.9 Å². The topological polar surface area (TPSA) is 44.4 Å². The number of rotatable bonds is 7. The number of carbonyl (C=O) groups is 1. The third-order valence-corrected chi connectivity index (χ3v) is 5.95. The Labute approximate surface area is 167 Å². The third-order valence-electron chi connectivity index (χ3n) is 5.09. The van der Waals surface area contributed by atoms with Crippen LogP contribution in [-0.2, 0) is 11.3 Å². The fraction of sp³-hybridized carbons (Fsp3) is 0.722. The zero-order chi connectivity index (χ0) is 15.9. The molecule has 2 N–H and O–H groups in total. The van der Waals surface area contributed by atoms with Gasteiger partial charge in [0.25, 0.3) is 0 Å². The summed E-state index contributed by atoms with van der Waals surface area (Å²) in [4.78, 5) is 16.0. The molecule has 0 bridgehead atoms. The van der Waals surface area contributed by atoms with Crippen LogP contribution in [0.15, 0.2) is 17.5 Å². The van der Waals surface area contributed by atoms with Gasteiger partial charge >= 0.3 is 0 Å². The molecule has 2 saturated heterocycles. The van der Waals surface area contributed by atoms with Crippen LogP contribution in [0.4, 0.5) is 0 Å². The van der Waals surface area contributed by atoms with E-state index in [1.165, 1.54) is 30.7 Å². The highest BCUT2D eigenvalue weighted by Gasteiger charge is 2.21. The number of thiophene rings is 1. The number of hydrogen-bond donors (Lipinski definition) is 2. The average Bonchev–Trinajstić information content (AvgIpc) is 3.25. The van der Waals surface area contributed by atoms with Crippen LogP contribution in [0.2, 0.25) is 0 Å². The molecule has 1 aromatic heterocycles. The van der Waals surface area contributed by atoms with Crippen molar-refractivity contribution in [1.82, 2.24) is 15.5 Å². The minimum absolute atomic E-state index is 0. The molecule has 2 atom stereocenters. The van der Waals surface area contributed by atoms with Crippen molar-refractivity contribution in [3.63, 3.8) is 0 Å². The third kappa shape index (κ3) is 7.83. The SMILES string of the molecule is Cl.Cl.O=C(CCC1CCNC1)NCC1CCCN(Cc2cccs2)C1. The Morgan fingerprint density at radius 1 is 1.32 bits per heavy atom. The molecule has 25 heavy (non-hydrogen) atoms. The molecule has 2 aliphatic rings. The van der Waals surface area contributed by atoms with Gasteiger partial charge in [-0.3, -0.25) is 9.69 Å². The van der Waals surface area contributed by atoms with Crippen molar-refractivity contribution in [3.8, 4) is 0 Å². The highest BCUT2D eigenvalue weighted by molar-refractivity contribution is 7.09. The predicted molar refractivity (Wildman–Crippen MR) is 110 cm³/mol. The van der Waals surface area contributed by atoms with Crippen LogP contribution in [0.25, 0.3) is 0 Å². The average molecular weight is 408 g/mol. The molecule has 2 unspecified atom stereocenters. The van der Waals surface area contributed by atoms with E-state index in [4.69, 9.17) is 0 Å². The summed E-state index contributed by atoms with van der Waals surface area (Å²) < 4.78 is 0. The Kier molecular flexibility index (Phi) is 11.0. The Bertz CT molecular complexity index is 481. The summed E-state index contributed by atoms with van der Waals surface area (Å²) in [6.45, 7) is 6.43. The van der Waals surface area contributed by atoms with E-state index >= 15 is 0 Å². The summed E-state index contributed by atoms with van der Waals surface area (Å²) in [5.74, 6) is 1.56. The number of likely N-dealkylation sites (tertiary alicyclic amines) is 1. The van der Waals surface area contributed by atoms with E-state index in [0.29, 0.717) is 18.3 Å². The number of carbonyl (C=O) groups excluding carboxylic acids is 1. The second-order valence-corrected chi connectivity index (χ2v) is 8.06. The van der Waals surface area contributed by atoms with Crippen LogP contribution in [0.3, 0.4) is 0 Å².